The molecule has 0 aromatic carbocycles. The third-order valence-corrected chi connectivity index (χ3v) is 2.97. The van der Waals surface area contributed by atoms with E-state index in [1.165, 1.54) is 6.20 Å². The molecule has 2 rings (SSSR count). The number of pyridine rings is 1. The van der Waals surface area contributed by atoms with Gasteiger partial charge in [-0.25, -0.2) is 4.98 Å². The van der Waals surface area contributed by atoms with Gasteiger partial charge in [0.1, 0.15) is 5.69 Å². The van der Waals surface area contributed by atoms with Gasteiger partial charge in [0.15, 0.2) is 0 Å². The average molecular weight is 256 g/mol. The Morgan fingerprint density at radius 2 is 2.18 bits per heavy atom. The maximum atomic E-state index is 12.1. The van der Waals surface area contributed by atoms with Crippen molar-refractivity contribution in [3.05, 3.63) is 24.0 Å². The Morgan fingerprint density at radius 1 is 1.47 bits per heavy atom. The lowest BCUT2D eigenvalue weighted by molar-refractivity contribution is 0.0772. The summed E-state index contributed by atoms with van der Waals surface area (Å²) < 4.78 is 0. The van der Waals surface area contributed by atoms with Crippen LogP contribution in [0.2, 0.25) is 0 Å². The van der Waals surface area contributed by atoms with Crippen molar-refractivity contribution in [1.82, 2.24) is 9.88 Å². The molecule has 2 heterocycles. The second kappa shape index (κ2) is 4.92. The summed E-state index contributed by atoms with van der Waals surface area (Å²) in [6.45, 7) is 5.98. The zero-order valence-electron chi connectivity index (χ0n) is 10.1. The predicted molar refractivity (Wildman–Crippen MR) is 70.2 cm³/mol. The van der Waals surface area contributed by atoms with Gasteiger partial charge in [0.2, 0.25) is 0 Å². The first-order chi connectivity index (χ1) is 7.48. The van der Waals surface area contributed by atoms with E-state index in [-0.39, 0.29) is 23.7 Å². The molecule has 1 saturated heterocycles. The standard InChI is InChI=1S/C12H17N3O.ClH/c1-12(2)5-6-15(8-12)11(16)10-4-3-9(13)7-14-10;/h3-4,7H,5-6,8,13H2,1-2H3;1H. The molecule has 0 radical (unpaired) electrons. The molecule has 1 aliphatic heterocycles. The molecule has 1 aliphatic rings. The van der Waals surface area contributed by atoms with Crippen LogP contribution in [0.25, 0.3) is 0 Å². The molecule has 1 fully saturated rings. The Balaban J connectivity index is 0.00000144. The summed E-state index contributed by atoms with van der Waals surface area (Å²) in [6, 6.07) is 3.39. The molecular formula is C12H18ClN3O. The highest BCUT2D eigenvalue weighted by molar-refractivity contribution is 5.92. The lowest BCUT2D eigenvalue weighted by Crippen LogP contribution is -2.30. The van der Waals surface area contributed by atoms with Gasteiger partial charge in [-0.05, 0) is 24.0 Å². The van der Waals surface area contributed by atoms with Crippen LogP contribution in [0.5, 0.6) is 0 Å². The molecule has 0 unspecified atom stereocenters. The summed E-state index contributed by atoms with van der Waals surface area (Å²) in [5.41, 5.74) is 6.82. The number of carbonyl (C=O) groups excluding carboxylic acids is 1. The molecule has 0 spiro atoms. The molecule has 0 bridgehead atoms. The number of anilines is 1. The molecule has 2 N–H and O–H groups in total. The fraction of sp³-hybridized carbons (Fsp3) is 0.500. The van der Waals surface area contributed by atoms with Crippen LogP contribution in [-0.4, -0.2) is 28.9 Å². The maximum absolute atomic E-state index is 12.1. The number of hydrogen-bond donors (Lipinski definition) is 1. The molecule has 0 atom stereocenters. The normalized spacial score (nSPS) is 17.6. The first-order valence-corrected chi connectivity index (χ1v) is 5.49. The number of likely N-dealkylation sites (tertiary alicyclic amines) is 1. The van der Waals surface area contributed by atoms with Gasteiger partial charge >= 0.3 is 0 Å². The molecule has 1 aromatic heterocycles. The summed E-state index contributed by atoms with van der Waals surface area (Å²) in [6.07, 6.45) is 2.57. The smallest absolute Gasteiger partial charge is 0.272 e. The zero-order chi connectivity index (χ0) is 11.8. The topological polar surface area (TPSA) is 59.2 Å². The van der Waals surface area contributed by atoms with Crippen molar-refractivity contribution in [2.75, 3.05) is 18.8 Å². The third kappa shape index (κ3) is 3.09. The minimum atomic E-state index is 0. The SMILES string of the molecule is CC1(C)CCN(C(=O)c2ccc(N)cn2)C1.Cl. The van der Waals surface area contributed by atoms with Crippen molar-refractivity contribution in [3.8, 4) is 0 Å². The molecule has 17 heavy (non-hydrogen) atoms. The number of aromatic nitrogens is 1. The van der Waals surface area contributed by atoms with Crippen LogP contribution in [0.4, 0.5) is 5.69 Å². The number of nitrogen functional groups attached to an aromatic ring is 1. The average Bonchev–Trinajstić information content (AvgIpc) is 2.59. The molecule has 94 valence electrons. The molecule has 5 heteroatoms. The number of hydrogen-bond acceptors (Lipinski definition) is 3. The van der Waals surface area contributed by atoms with E-state index in [0.29, 0.717) is 11.4 Å². The highest BCUT2D eigenvalue weighted by atomic mass is 35.5. The summed E-state index contributed by atoms with van der Waals surface area (Å²) in [4.78, 5) is 18.0. The number of nitrogens with zero attached hydrogens (tertiary/aromatic N) is 2. The Hall–Kier alpha value is -1.29. The van der Waals surface area contributed by atoms with Gasteiger partial charge in [-0.1, -0.05) is 13.8 Å². The highest BCUT2D eigenvalue weighted by Gasteiger charge is 2.32. The lowest BCUT2D eigenvalue weighted by atomic mass is 9.93. The minimum absolute atomic E-state index is 0. The van der Waals surface area contributed by atoms with Crippen LogP contribution in [0, 0.1) is 5.41 Å². The molecule has 4 nitrogen and oxygen atoms in total. The first kappa shape index (κ1) is 13.8. The quantitative estimate of drug-likeness (QED) is 0.835. The van der Waals surface area contributed by atoms with E-state index in [0.717, 1.165) is 19.5 Å². The van der Waals surface area contributed by atoms with Crippen molar-refractivity contribution >= 4 is 24.0 Å². The van der Waals surface area contributed by atoms with Crippen LogP contribution in [-0.2, 0) is 0 Å². The second-order valence-corrected chi connectivity index (χ2v) is 5.12. The van der Waals surface area contributed by atoms with Gasteiger partial charge in [0, 0.05) is 13.1 Å². The largest absolute Gasteiger partial charge is 0.397 e. The molecule has 0 saturated carbocycles. The summed E-state index contributed by atoms with van der Waals surface area (Å²) in [5, 5.41) is 0. The Morgan fingerprint density at radius 3 is 2.65 bits per heavy atom. The van der Waals surface area contributed by atoms with E-state index in [9.17, 15) is 4.79 Å². The molecule has 1 amide bonds. The summed E-state index contributed by atoms with van der Waals surface area (Å²) >= 11 is 0. The van der Waals surface area contributed by atoms with Gasteiger partial charge in [-0.2, -0.15) is 0 Å². The molecular weight excluding hydrogens is 238 g/mol. The van der Waals surface area contributed by atoms with Crippen molar-refractivity contribution in [2.45, 2.75) is 20.3 Å². The van der Waals surface area contributed by atoms with E-state index in [4.69, 9.17) is 5.73 Å². The van der Waals surface area contributed by atoms with Crippen molar-refractivity contribution in [1.29, 1.82) is 0 Å². The number of carbonyl (C=O) groups is 1. The summed E-state index contributed by atoms with van der Waals surface area (Å²) in [5.74, 6) is 0.00516. The number of halogens is 1. The Kier molecular flexibility index (Phi) is 3.98. The second-order valence-electron chi connectivity index (χ2n) is 5.12. The van der Waals surface area contributed by atoms with Crippen molar-refractivity contribution in [2.24, 2.45) is 5.41 Å². The Bertz CT molecular complexity index is 403. The van der Waals surface area contributed by atoms with Crippen LogP contribution in [0.1, 0.15) is 30.8 Å². The minimum Gasteiger partial charge on any atom is -0.397 e. The van der Waals surface area contributed by atoms with Crippen LogP contribution in [0.15, 0.2) is 18.3 Å². The zero-order valence-corrected chi connectivity index (χ0v) is 11.0. The van der Waals surface area contributed by atoms with Crippen molar-refractivity contribution < 1.29 is 4.79 Å². The van der Waals surface area contributed by atoms with E-state index in [1.807, 2.05) is 4.90 Å². The van der Waals surface area contributed by atoms with Gasteiger partial charge in [-0.3, -0.25) is 4.79 Å². The van der Waals surface area contributed by atoms with Gasteiger partial charge < -0.3 is 10.6 Å². The molecule has 0 aliphatic carbocycles. The van der Waals surface area contributed by atoms with E-state index >= 15 is 0 Å². The van der Waals surface area contributed by atoms with E-state index in [2.05, 4.69) is 18.8 Å². The van der Waals surface area contributed by atoms with Gasteiger partial charge in [0.05, 0.1) is 11.9 Å². The third-order valence-electron chi connectivity index (χ3n) is 2.97. The number of nitrogens with two attached hydrogens (primary N) is 1. The monoisotopic (exact) mass is 255 g/mol. The fourth-order valence-electron chi connectivity index (χ4n) is 1.98. The van der Waals surface area contributed by atoms with Crippen LogP contribution < -0.4 is 5.73 Å². The number of rotatable bonds is 1. The lowest BCUT2D eigenvalue weighted by Gasteiger charge is -2.19. The number of amides is 1. The van der Waals surface area contributed by atoms with Gasteiger partial charge in [-0.15, -0.1) is 12.4 Å². The van der Waals surface area contributed by atoms with E-state index in [1.54, 1.807) is 12.1 Å². The first-order valence-electron chi connectivity index (χ1n) is 5.49. The van der Waals surface area contributed by atoms with Gasteiger partial charge in [0.25, 0.3) is 5.91 Å². The van der Waals surface area contributed by atoms with E-state index < -0.39 is 0 Å². The summed E-state index contributed by atoms with van der Waals surface area (Å²) in [7, 11) is 0. The fourth-order valence-corrected chi connectivity index (χ4v) is 1.98. The molecule has 1 aromatic rings. The van der Waals surface area contributed by atoms with Crippen LogP contribution >= 0.6 is 12.4 Å². The van der Waals surface area contributed by atoms with Crippen molar-refractivity contribution in [3.63, 3.8) is 0 Å². The van der Waals surface area contributed by atoms with Crippen LogP contribution in [0.3, 0.4) is 0 Å². The predicted octanol–water partition coefficient (Wildman–Crippen LogP) is 1.96. The highest BCUT2D eigenvalue weighted by Crippen LogP contribution is 2.29. The maximum Gasteiger partial charge on any atom is 0.272 e. The Labute approximate surface area is 108 Å².